The Balaban J connectivity index is 1.89. The monoisotopic (exact) mass is 322 g/mol. The molecule has 0 aliphatic carbocycles. The molecular weight excluding hydrogens is 312 g/mol. The Kier molecular flexibility index (Phi) is 3.15. The number of aromatic amines is 1. The van der Waals surface area contributed by atoms with E-state index < -0.39 is 0 Å². The van der Waals surface area contributed by atoms with Gasteiger partial charge in [0, 0.05) is 22.8 Å². The van der Waals surface area contributed by atoms with Crippen molar-refractivity contribution in [1.82, 2.24) is 15.0 Å². The van der Waals surface area contributed by atoms with Crippen molar-refractivity contribution in [2.45, 2.75) is 12.5 Å². The molecule has 0 spiro atoms. The van der Waals surface area contributed by atoms with Gasteiger partial charge in [-0.05, 0) is 18.2 Å². The number of nitrogens with one attached hydrogen (secondary N) is 1. The van der Waals surface area contributed by atoms with Crippen LogP contribution >= 0.6 is 27.3 Å². The van der Waals surface area contributed by atoms with Gasteiger partial charge in [-0.2, -0.15) is 0 Å². The van der Waals surface area contributed by atoms with Crippen LogP contribution in [0.25, 0.3) is 10.2 Å². The highest BCUT2D eigenvalue weighted by Crippen LogP contribution is 2.29. The molecule has 3 aromatic rings. The number of rotatable bonds is 3. The number of H-pyrrole nitrogens is 1. The third-order valence-electron chi connectivity index (χ3n) is 2.68. The first kappa shape index (κ1) is 11.8. The fraction of sp³-hybridized carbons (Fsp3) is 0.167. The van der Waals surface area contributed by atoms with Crippen molar-refractivity contribution in [2.75, 3.05) is 0 Å². The molecule has 92 valence electrons. The molecule has 2 aromatic heterocycles. The number of nitrogens with zero attached hydrogens (tertiary/aromatic N) is 2. The van der Waals surface area contributed by atoms with Gasteiger partial charge in [-0.3, -0.25) is 0 Å². The summed E-state index contributed by atoms with van der Waals surface area (Å²) in [5.74, 6) is 0. The standard InChI is InChI=1S/C12H11BrN4S/c13-7-1-2-10-11(3-7)18-12(17-10)9(14)4-8-5-15-6-16-8/h1-3,5-6,9H,4,14H2,(H,15,16). The number of benzene rings is 1. The summed E-state index contributed by atoms with van der Waals surface area (Å²) in [4.78, 5) is 11.6. The van der Waals surface area contributed by atoms with Crippen molar-refractivity contribution < 1.29 is 0 Å². The number of hydrogen-bond acceptors (Lipinski definition) is 4. The van der Waals surface area contributed by atoms with Gasteiger partial charge in [-0.15, -0.1) is 11.3 Å². The van der Waals surface area contributed by atoms with Crippen LogP contribution in [0.2, 0.25) is 0 Å². The largest absolute Gasteiger partial charge is 0.348 e. The zero-order valence-electron chi connectivity index (χ0n) is 9.43. The fourth-order valence-corrected chi connectivity index (χ4v) is 3.32. The molecule has 0 bridgehead atoms. The van der Waals surface area contributed by atoms with Crippen molar-refractivity contribution in [1.29, 1.82) is 0 Å². The summed E-state index contributed by atoms with van der Waals surface area (Å²) in [7, 11) is 0. The molecule has 4 nitrogen and oxygen atoms in total. The molecule has 6 heteroatoms. The van der Waals surface area contributed by atoms with Gasteiger partial charge in [-0.25, -0.2) is 9.97 Å². The lowest BCUT2D eigenvalue weighted by atomic mass is 10.2. The molecule has 0 radical (unpaired) electrons. The lowest BCUT2D eigenvalue weighted by molar-refractivity contribution is 0.705. The van der Waals surface area contributed by atoms with Crippen molar-refractivity contribution in [3.8, 4) is 0 Å². The average Bonchev–Trinajstić information content (AvgIpc) is 2.96. The van der Waals surface area contributed by atoms with E-state index in [0.717, 1.165) is 31.8 Å². The van der Waals surface area contributed by atoms with E-state index >= 15 is 0 Å². The Morgan fingerprint density at radius 3 is 3.11 bits per heavy atom. The minimum atomic E-state index is -0.0957. The van der Waals surface area contributed by atoms with Crippen molar-refractivity contribution >= 4 is 37.5 Å². The van der Waals surface area contributed by atoms with E-state index in [9.17, 15) is 0 Å². The van der Waals surface area contributed by atoms with Gasteiger partial charge in [-0.1, -0.05) is 15.9 Å². The summed E-state index contributed by atoms with van der Waals surface area (Å²) in [5, 5.41) is 0.956. The van der Waals surface area contributed by atoms with Crippen LogP contribution in [0.4, 0.5) is 0 Å². The summed E-state index contributed by atoms with van der Waals surface area (Å²) in [6.07, 6.45) is 4.18. The van der Waals surface area contributed by atoms with Gasteiger partial charge in [0.05, 0.1) is 22.6 Å². The maximum Gasteiger partial charge on any atom is 0.111 e. The number of nitrogens with two attached hydrogens (primary N) is 1. The van der Waals surface area contributed by atoms with E-state index in [-0.39, 0.29) is 6.04 Å². The average molecular weight is 323 g/mol. The van der Waals surface area contributed by atoms with Gasteiger partial charge in [0.25, 0.3) is 0 Å². The van der Waals surface area contributed by atoms with E-state index in [2.05, 4.69) is 36.9 Å². The lowest BCUT2D eigenvalue weighted by Crippen LogP contribution is -2.13. The molecule has 0 saturated carbocycles. The third kappa shape index (κ3) is 2.31. The first-order chi connectivity index (χ1) is 8.72. The van der Waals surface area contributed by atoms with E-state index in [0.29, 0.717) is 0 Å². The summed E-state index contributed by atoms with van der Waals surface area (Å²) < 4.78 is 2.21. The SMILES string of the molecule is NC(Cc1cnc[nH]1)c1nc2ccc(Br)cc2s1. The number of halogens is 1. The molecule has 2 heterocycles. The number of thiazole rings is 1. The number of imidazole rings is 1. The second-order valence-corrected chi connectivity index (χ2v) is 6.03. The quantitative estimate of drug-likeness (QED) is 0.778. The summed E-state index contributed by atoms with van der Waals surface area (Å²) in [6, 6.07) is 5.97. The normalized spacial score (nSPS) is 13.0. The highest BCUT2D eigenvalue weighted by molar-refractivity contribution is 9.10. The highest BCUT2D eigenvalue weighted by atomic mass is 79.9. The molecular formula is C12H11BrN4S. The van der Waals surface area contributed by atoms with Crippen LogP contribution in [0.5, 0.6) is 0 Å². The Morgan fingerprint density at radius 1 is 1.44 bits per heavy atom. The van der Waals surface area contributed by atoms with Crippen LogP contribution in [-0.4, -0.2) is 15.0 Å². The van der Waals surface area contributed by atoms with Crippen molar-refractivity contribution in [3.05, 3.63) is 45.9 Å². The highest BCUT2D eigenvalue weighted by Gasteiger charge is 2.13. The van der Waals surface area contributed by atoms with E-state index in [1.54, 1.807) is 23.9 Å². The van der Waals surface area contributed by atoms with Crippen molar-refractivity contribution in [2.24, 2.45) is 5.73 Å². The van der Waals surface area contributed by atoms with Crippen LogP contribution < -0.4 is 5.73 Å². The number of fused-ring (bicyclic) bond motifs is 1. The van der Waals surface area contributed by atoms with Gasteiger partial charge >= 0.3 is 0 Å². The maximum absolute atomic E-state index is 6.18. The van der Waals surface area contributed by atoms with Gasteiger partial charge < -0.3 is 10.7 Å². The van der Waals surface area contributed by atoms with Crippen LogP contribution in [0.1, 0.15) is 16.7 Å². The van der Waals surface area contributed by atoms with E-state index in [1.165, 1.54) is 0 Å². The van der Waals surface area contributed by atoms with Gasteiger partial charge in [0.15, 0.2) is 0 Å². The molecule has 1 unspecified atom stereocenters. The predicted molar refractivity (Wildman–Crippen MR) is 76.5 cm³/mol. The zero-order valence-corrected chi connectivity index (χ0v) is 11.8. The second kappa shape index (κ2) is 4.79. The summed E-state index contributed by atoms with van der Waals surface area (Å²) >= 11 is 5.10. The topological polar surface area (TPSA) is 67.6 Å². The minimum absolute atomic E-state index is 0.0957. The molecule has 0 aliphatic heterocycles. The Hall–Kier alpha value is -1.24. The van der Waals surface area contributed by atoms with Crippen LogP contribution in [-0.2, 0) is 6.42 Å². The van der Waals surface area contributed by atoms with Gasteiger partial charge in [0.2, 0.25) is 0 Å². The molecule has 0 fully saturated rings. The summed E-state index contributed by atoms with van der Waals surface area (Å²) in [5.41, 5.74) is 8.21. The van der Waals surface area contributed by atoms with Crippen LogP contribution in [0, 0.1) is 0 Å². The first-order valence-corrected chi connectivity index (χ1v) is 7.12. The molecule has 1 aromatic carbocycles. The number of aromatic nitrogens is 3. The Morgan fingerprint density at radius 2 is 2.33 bits per heavy atom. The summed E-state index contributed by atoms with van der Waals surface area (Å²) in [6.45, 7) is 0. The molecule has 0 amide bonds. The van der Waals surface area contributed by atoms with Crippen LogP contribution in [0.15, 0.2) is 35.2 Å². The number of hydrogen-bond donors (Lipinski definition) is 2. The Labute approximate surface area is 116 Å². The predicted octanol–water partition coefficient (Wildman–Crippen LogP) is 3.02. The van der Waals surface area contributed by atoms with E-state index in [1.807, 2.05) is 12.1 Å². The smallest absolute Gasteiger partial charge is 0.111 e. The molecule has 3 rings (SSSR count). The minimum Gasteiger partial charge on any atom is -0.348 e. The molecule has 18 heavy (non-hydrogen) atoms. The van der Waals surface area contributed by atoms with E-state index in [4.69, 9.17) is 5.73 Å². The maximum atomic E-state index is 6.18. The van der Waals surface area contributed by atoms with Crippen molar-refractivity contribution in [3.63, 3.8) is 0 Å². The third-order valence-corrected chi connectivity index (χ3v) is 4.32. The zero-order chi connectivity index (χ0) is 12.5. The Bertz CT molecular complexity index is 662. The first-order valence-electron chi connectivity index (χ1n) is 5.51. The molecule has 1 atom stereocenters. The molecule has 0 aliphatic rings. The van der Waals surface area contributed by atoms with Crippen LogP contribution in [0.3, 0.4) is 0 Å². The fourth-order valence-electron chi connectivity index (χ4n) is 1.80. The second-order valence-electron chi connectivity index (χ2n) is 4.05. The lowest BCUT2D eigenvalue weighted by Gasteiger charge is -2.05. The molecule has 0 saturated heterocycles. The van der Waals surface area contributed by atoms with Gasteiger partial charge in [0.1, 0.15) is 5.01 Å². The molecule has 3 N–H and O–H groups in total.